The number of phenolic OH excluding ortho intramolecular Hbond substituents is 1. The fourth-order valence-electron chi connectivity index (χ4n) is 3.84. The second kappa shape index (κ2) is 8.21. The Hall–Kier alpha value is -3.35. The molecule has 0 amide bonds. The number of aliphatic hydroxyl groups is 4. The average molecular weight is 460 g/mol. The van der Waals surface area contributed by atoms with E-state index in [9.17, 15) is 30.3 Å². The summed E-state index contributed by atoms with van der Waals surface area (Å²) in [5.41, 5.74) is 0.308. The molecule has 0 spiro atoms. The van der Waals surface area contributed by atoms with Gasteiger partial charge in [-0.2, -0.15) is 0 Å². The summed E-state index contributed by atoms with van der Waals surface area (Å²) < 4.78 is 26.8. The maximum atomic E-state index is 13.1. The number of fused-ring (bicyclic) bond motifs is 2. The predicted octanol–water partition coefficient (Wildman–Crippen LogP) is 0.0730. The Balaban J connectivity index is 1.42. The minimum atomic E-state index is -1.56. The van der Waals surface area contributed by atoms with Gasteiger partial charge in [-0.25, -0.2) is 0 Å². The Bertz CT molecular complexity index is 1230. The van der Waals surface area contributed by atoms with Crippen LogP contribution in [0.3, 0.4) is 0 Å². The van der Waals surface area contributed by atoms with Crippen molar-refractivity contribution < 1.29 is 48.9 Å². The van der Waals surface area contributed by atoms with Crippen LogP contribution < -0.4 is 19.6 Å². The molecule has 0 aliphatic carbocycles. The highest BCUT2D eigenvalue weighted by Crippen LogP contribution is 2.44. The Morgan fingerprint density at radius 1 is 1.03 bits per heavy atom. The van der Waals surface area contributed by atoms with Gasteiger partial charge in [0.1, 0.15) is 47.4 Å². The molecule has 5 atom stereocenters. The summed E-state index contributed by atoms with van der Waals surface area (Å²) in [6, 6.07) is 7.59. The molecule has 2 aliphatic heterocycles. The lowest BCUT2D eigenvalue weighted by atomic mass is 9.99. The Kier molecular flexibility index (Phi) is 5.35. The maximum Gasteiger partial charge on any atom is 0.231 e. The van der Waals surface area contributed by atoms with Gasteiger partial charge in [-0.1, -0.05) is 12.1 Å². The van der Waals surface area contributed by atoms with Gasteiger partial charge in [0.05, 0.1) is 12.2 Å². The first kappa shape index (κ1) is 21.5. The van der Waals surface area contributed by atoms with Crippen LogP contribution in [0.15, 0.2) is 45.8 Å². The highest BCUT2D eigenvalue weighted by atomic mass is 16.7. The third-order valence-corrected chi connectivity index (χ3v) is 5.64. The molecule has 5 N–H and O–H groups in total. The van der Waals surface area contributed by atoms with Gasteiger partial charge in [-0.3, -0.25) is 4.79 Å². The van der Waals surface area contributed by atoms with E-state index >= 15 is 0 Å². The number of benzene rings is 2. The van der Waals surface area contributed by atoms with Gasteiger partial charge in [-0.05, 0) is 17.7 Å². The number of hydrogen-bond donors (Lipinski definition) is 5. The Morgan fingerprint density at radius 3 is 2.52 bits per heavy atom. The summed E-state index contributed by atoms with van der Waals surface area (Å²) in [5.74, 6) is 0.235. The highest BCUT2D eigenvalue weighted by molar-refractivity contribution is 5.91. The zero-order valence-corrected chi connectivity index (χ0v) is 17.0. The van der Waals surface area contributed by atoms with Crippen LogP contribution in [0, 0.1) is 0 Å². The first-order valence-corrected chi connectivity index (χ1v) is 10.0. The van der Waals surface area contributed by atoms with Gasteiger partial charge in [0.2, 0.25) is 24.3 Å². The Labute approximate surface area is 185 Å². The standard InChI is InChI=1S/C22H20O11/c23-6-14-17(25)19(27)20(28)22(33-14)32-10-3-1-9(2-4-10)11-7-29-12-5-13-21(31-8-30-13)18(26)15(12)16(11)24/h1-5,7,14,17,19-20,22-23,25-28H,6,8H2/t14-,17-,19+,20-,22-/m0/s1. The van der Waals surface area contributed by atoms with Crippen LogP contribution in [0.4, 0.5) is 0 Å². The van der Waals surface area contributed by atoms with Crippen molar-refractivity contribution in [2.24, 2.45) is 0 Å². The van der Waals surface area contributed by atoms with Crippen LogP contribution in [0.5, 0.6) is 23.0 Å². The third-order valence-electron chi connectivity index (χ3n) is 5.64. The van der Waals surface area contributed by atoms with E-state index in [1.54, 1.807) is 12.1 Å². The van der Waals surface area contributed by atoms with Gasteiger partial charge < -0.3 is 48.9 Å². The first-order chi connectivity index (χ1) is 15.9. The summed E-state index contributed by atoms with van der Waals surface area (Å²) in [4.78, 5) is 13.1. The summed E-state index contributed by atoms with van der Waals surface area (Å²) in [6.07, 6.45) is -5.78. The van der Waals surface area contributed by atoms with Crippen molar-refractivity contribution in [1.82, 2.24) is 0 Å². The normalized spacial score (nSPS) is 26.5. The molecule has 1 aromatic heterocycles. The van der Waals surface area contributed by atoms with Crippen LogP contribution in [0.25, 0.3) is 22.1 Å². The molecule has 3 aromatic rings. The van der Waals surface area contributed by atoms with E-state index in [0.29, 0.717) is 5.56 Å². The number of rotatable bonds is 4. The van der Waals surface area contributed by atoms with Crippen LogP contribution >= 0.6 is 0 Å². The lowest BCUT2D eigenvalue weighted by molar-refractivity contribution is -0.277. The molecule has 11 nitrogen and oxygen atoms in total. The third kappa shape index (κ3) is 3.56. The average Bonchev–Trinajstić information content (AvgIpc) is 3.29. The molecule has 11 heteroatoms. The van der Waals surface area contributed by atoms with Gasteiger partial charge in [0.25, 0.3) is 0 Å². The molecular weight excluding hydrogens is 440 g/mol. The quantitative estimate of drug-likeness (QED) is 0.357. The van der Waals surface area contributed by atoms with Gasteiger partial charge in [0.15, 0.2) is 11.5 Å². The van der Waals surface area contributed by atoms with E-state index in [4.69, 9.17) is 23.4 Å². The second-order valence-electron chi connectivity index (χ2n) is 7.65. The summed E-state index contributed by atoms with van der Waals surface area (Å²) >= 11 is 0. The second-order valence-corrected chi connectivity index (χ2v) is 7.65. The van der Waals surface area contributed by atoms with Crippen molar-refractivity contribution >= 4 is 11.0 Å². The van der Waals surface area contributed by atoms with Crippen LogP contribution in [-0.2, 0) is 4.74 Å². The van der Waals surface area contributed by atoms with Crippen molar-refractivity contribution in [2.45, 2.75) is 30.7 Å². The van der Waals surface area contributed by atoms with Gasteiger partial charge in [-0.15, -0.1) is 0 Å². The smallest absolute Gasteiger partial charge is 0.231 e. The summed E-state index contributed by atoms with van der Waals surface area (Å²) in [7, 11) is 0. The zero-order chi connectivity index (χ0) is 23.3. The fraction of sp³-hybridized carbons (Fsp3) is 0.318. The topological polar surface area (TPSA) is 168 Å². The molecule has 0 unspecified atom stereocenters. The van der Waals surface area contributed by atoms with E-state index < -0.39 is 42.7 Å². The van der Waals surface area contributed by atoms with Crippen LogP contribution in [0.1, 0.15) is 0 Å². The van der Waals surface area contributed by atoms with Gasteiger partial charge in [0, 0.05) is 6.07 Å². The predicted molar refractivity (Wildman–Crippen MR) is 110 cm³/mol. The maximum absolute atomic E-state index is 13.1. The lowest BCUT2D eigenvalue weighted by Crippen LogP contribution is -2.60. The molecule has 5 rings (SSSR count). The van der Waals surface area contributed by atoms with Crippen molar-refractivity contribution in [2.75, 3.05) is 13.4 Å². The molecular formula is C22H20O11. The van der Waals surface area contributed by atoms with Crippen LogP contribution in [-0.4, -0.2) is 69.6 Å². The number of hydrogen-bond acceptors (Lipinski definition) is 11. The zero-order valence-electron chi connectivity index (χ0n) is 17.0. The minimum Gasteiger partial charge on any atom is -0.504 e. The van der Waals surface area contributed by atoms with E-state index in [-0.39, 0.29) is 46.3 Å². The van der Waals surface area contributed by atoms with Crippen molar-refractivity contribution in [3.05, 3.63) is 46.8 Å². The molecule has 3 heterocycles. The minimum absolute atomic E-state index is 0.0432. The van der Waals surface area contributed by atoms with E-state index in [2.05, 4.69) is 0 Å². The molecule has 0 saturated carbocycles. The number of ether oxygens (including phenoxy) is 4. The number of phenols is 1. The number of aromatic hydroxyl groups is 1. The first-order valence-electron chi connectivity index (χ1n) is 10.0. The van der Waals surface area contributed by atoms with Crippen molar-refractivity contribution in [3.8, 4) is 34.1 Å². The fourth-order valence-corrected chi connectivity index (χ4v) is 3.84. The molecule has 33 heavy (non-hydrogen) atoms. The Morgan fingerprint density at radius 2 is 1.79 bits per heavy atom. The number of aliphatic hydroxyl groups excluding tert-OH is 4. The molecule has 2 aliphatic rings. The molecule has 0 radical (unpaired) electrons. The largest absolute Gasteiger partial charge is 0.504 e. The van der Waals surface area contributed by atoms with Gasteiger partial charge >= 0.3 is 0 Å². The molecule has 1 fully saturated rings. The van der Waals surface area contributed by atoms with Crippen LogP contribution in [0.2, 0.25) is 0 Å². The lowest BCUT2D eigenvalue weighted by Gasteiger charge is -2.39. The molecule has 174 valence electrons. The molecule has 2 aromatic carbocycles. The molecule has 0 bridgehead atoms. The van der Waals surface area contributed by atoms with Crippen molar-refractivity contribution in [3.63, 3.8) is 0 Å². The van der Waals surface area contributed by atoms with E-state index in [0.717, 1.165) is 0 Å². The summed E-state index contributed by atoms with van der Waals surface area (Å²) in [5, 5.41) is 49.6. The SMILES string of the molecule is O=c1c(-c2ccc(O[C@H]3O[C@@H](CO)[C@H](O)[C@@H](O)[C@@H]3O)cc2)coc2cc3c(c(O)c12)OCO3. The highest BCUT2D eigenvalue weighted by Gasteiger charge is 2.44. The molecule has 1 saturated heterocycles. The van der Waals surface area contributed by atoms with E-state index in [1.165, 1.54) is 24.5 Å². The van der Waals surface area contributed by atoms with Crippen molar-refractivity contribution in [1.29, 1.82) is 0 Å². The monoisotopic (exact) mass is 460 g/mol. The van der Waals surface area contributed by atoms with E-state index in [1.807, 2.05) is 0 Å². The summed E-state index contributed by atoms with van der Waals surface area (Å²) in [6.45, 7) is -0.648.